The molecule has 1 N–H and O–H groups in total. The molecular formula is C21H24O4S. The maximum Gasteiger partial charge on any atom is 0.202 e. The quantitative estimate of drug-likeness (QED) is 0.869. The lowest BCUT2D eigenvalue weighted by atomic mass is 9.84. The van der Waals surface area contributed by atoms with Gasteiger partial charge >= 0.3 is 0 Å². The maximum absolute atomic E-state index is 13.1. The third-order valence-electron chi connectivity index (χ3n) is 4.86. The standard InChI is InChI=1S/C21H24O4S/c1-16-19(22)13-21(2,25-15-17-9-5-3-6-10-17)14-20(16)26(23,24)18-11-7-4-8-12-18/h3-12,14,16,19,22H,13,15H2,1-2H3/t16-,19-,21-/m1/s1. The molecule has 3 atom stereocenters. The third-order valence-corrected chi connectivity index (χ3v) is 6.87. The first-order valence-corrected chi connectivity index (χ1v) is 10.2. The second-order valence-corrected chi connectivity index (χ2v) is 8.96. The molecule has 0 heterocycles. The van der Waals surface area contributed by atoms with Gasteiger partial charge in [0.05, 0.1) is 28.1 Å². The van der Waals surface area contributed by atoms with E-state index in [-0.39, 0.29) is 9.80 Å². The minimum atomic E-state index is -3.68. The zero-order chi connectivity index (χ0) is 18.8. The highest BCUT2D eigenvalue weighted by atomic mass is 32.2. The molecule has 1 aliphatic rings. The molecule has 26 heavy (non-hydrogen) atoms. The summed E-state index contributed by atoms with van der Waals surface area (Å²) < 4.78 is 32.2. The lowest BCUT2D eigenvalue weighted by Gasteiger charge is -2.37. The van der Waals surface area contributed by atoms with Gasteiger partial charge in [0, 0.05) is 12.3 Å². The van der Waals surface area contributed by atoms with Gasteiger partial charge in [0.2, 0.25) is 9.84 Å². The number of sulfone groups is 1. The van der Waals surface area contributed by atoms with Crippen LogP contribution in [0.3, 0.4) is 0 Å². The van der Waals surface area contributed by atoms with Crippen LogP contribution in [-0.2, 0) is 21.2 Å². The van der Waals surface area contributed by atoms with E-state index in [1.54, 1.807) is 43.3 Å². The summed E-state index contributed by atoms with van der Waals surface area (Å²) in [5.74, 6) is -0.478. The lowest BCUT2D eigenvalue weighted by molar-refractivity contribution is -0.0531. The fourth-order valence-corrected chi connectivity index (χ4v) is 5.09. The molecule has 0 unspecified atom stereocenters. The van der Waals surface area contributed by atoms with Gasteiger partial charge in [-0.05, 0) is 30.7 Å². The second kappa shape index (κ2) is 7.35. The van der Waals surface area contributed by atoms with E-state index in [4.69, 9.17) is 4.74 Å². The van der Waals surface area contributed by atoms with Crippen LogP contribution in [0.1, 0.15) is 25.8 Å². The smallest absolute Gasteiger partial charge is 0.202 e. The minimum Gasteiger partial charge on any atom is -0.392 e. The Labute approximate surface area is 155 Å². The molecule has 0 amide bonds. The molecule has 0 aromatic heterocycles. The summed E-state index contributed by atoms with van der Waals surface area (Å²) >= 11 is 0. The maximum atomic E-state index is 13.1. The summed E-state index contributed by atoms with van der Waals surface area (Å²) in [4.78, 5) is 0.454. The van der Waals surface area contributed by atoms with Gasteiger partial charge in [-0.3, -0.25) is 0 Å². The van der Waals surface area contributed by atoms with Gasteiger partial charge in [0.1, 0.15) is 0 Å². The molecule has 5 heteroatoms. The summed E-state index contributed by atoms with van der Waals surface area (Å²) in [6.07, 6.45) is 1.25. The molecule has 0 saturated carbocycles. The molecular weight excluding hydrogens is 348 g/mol. The minimum absolute atomic E-state index is 0.220. The van der Waals surface area contributed by atoms with Crippen molar-refractivity contribution >= 4 is 9.84 Å². The van der Waals surface area contributed by atoms with Crippen LogP contribution in [0.2, 0.25) is 0 Å². The van der Waals surface area contributed by atoms with E-state index >= 15 is 0 Å². The van der Waals surface area contributed by atoms with E-state index in [0.29, 0.717) is 13.0 Å². The third kappa shape index (κ3) is 3.90. The van der Waals surface area contributed by atoms with Crippen molar-refractivity contribution in [3.8, 4) is 0 Å². The van der Waals surface area contributed by atoms with Crippen LogP contribution in [-0.4, -0.2) is 25.2 Å². The average Bonchev–Trinajstić information content (AvgIpc) is 2.65. The molecule has 138 valence electrons. The van der Waals surface area contributed by atoms with Crippen molar-refractivity contribution in [3.05, 3.63) is 77.2 Å². The number of benzene rings is 2. The molecule has 0 radical (unpaired) electrons. The number of hydrogen-bond donors (Lipinski definition) is 1. The van der Waals surface area contributed by atoms with Gasteiger partial charge in [-0.25, -0.2) is 8.42 Å². The molecule has 0 saturated heterocycles. The number of hydrogen-bond acceptors (Lipinski definition) is 4. The first kappa shape index (κ1) is 18.8. The van der Waals surface area contributed by atoms with Crippen molar-refractivity contribution in [2.75, 3.05) is 0 Å². The Morgan fingerprint density at radius 1 is 1.08 bits per heavy atom. The van der Waals surface area contributed by atoms with E-state index in [0.717, 1.165) is 5.56 Å². The number of rotatable bonds is 5. The highest BCUT2D eigenvalue weighted by Crippen LogP contribution is 2.38. The molecule has 0 spiro atoms. The van der Waals surface area contributed by atoms with Gasteiger partial charge in [0.25, 0.3) is 0 Å². The SMILES string of the molecule is C[C@H]1C(S(=O)(=O)c2ccccc2)=C[C@](C)(OCc2ccccc2)C[C@H]1O. The Balaban J connectivity index is 1.92. The molecule has 0 aliphatic heterocycles. The van der Waals surface area contributed by atoms with Crippen LogP contribution < -0.4 is 0 Å². The summed E-state index contributed by atoms with van der Waals surface area (Å²) in [6.45, 7) is 3.92. The highest BCUT2D eigenvalue weighted by molar-refractivity contribution is 7.95. The molecule has 4 nitrogen and oxygen atoms in total. The van der Waals surface area contributed by atoms with Crippen LogP contribution in [0.15, 0.2) is 76.5 Å². The molecule has 2 aromatic rings. The van der Waals surface area contributed by atoms with E-state index in [1.807, 2.05) is 37.3 Å². The first-order chi connectivity index (χ1) is 12.3. The predicted molar refractivity (Wildman–Crippen MR) is 101 cm³/mol. The molecule has 3 rings (SSSR count). The van der Waals surface area contributed by atoms with Crippen molar-refractivity contribution in [1.82, 2.24) is 0 Å². The predicted octanol–water partition coefficient (Wildman–Crippen LogP) is 3.72. The number of ether oxygens (including phenoxy) is 1. The van der Waals surface area contributed by atoms with Gasteiger partial charge in [-0.2, -0.15) is 0 Å². The van der Waals surface area contributed by atoms with Crippen LogP contribution in [0.25, 0.3) is 0 Å². The van der Waals surface area contributed by atoms with Gasteiger partial charge in [-0.15, -0.1) is 0 Å². The second-order valence-electron chi connectivity index (χ2n) is 7.01. The molecule has 0 fully saturated rings. The highest BCUT2D eigenvalue weighted by Gasteiger charge is 2.41. The van der Waals surface area contributed by atoms with E-state index in [2.05, 4.69) is 0 Å². The monoisotopic (exact) mass is 372 g/mol. The number of aliphatic hydroxyl groups excluding tert-OH is 1. The lowest BCUT2D eigenvalue weighted by Crippen LogP contribution is -2.41. The average molecular weight is 372 g/mol. The van der Waals surface area contributed by atoms with Crippen molar-refractivity contribution in [2.24, 2.45) is 5.92 Å². The van der Waals surface area contributed by atoms with Crippen LogP contribution in [0.5, 0.6) is 0 Å². The van der Waals surface area contributed by atoms with Crippen LogP contribution >= 0.6 is 0 Å². The summed E-state index contributed by atoms with van der Waals surface area (Å²) in [7, 11) is -3.68. The molecule has 1 aliphatic carbocycles. The van der Waals surface area contributed by atoms with E-state index in [1.165, 1.54) is 0 Å². The molecule has 0 bridgehead atoms. The Morgan fingerprint density at radius 3 is 2.27 bits per heavy atom. The van der Waals surface area contributed by atoms with E-state index in [9.17, 15) is 13.5 Å². The Morgan fingerprint density at radius 2 is 1.65 bits per heavy atom. The van der Waals surface area contributed by atoms with Gasteiger partial charge in [-0.1, -0.05) is 55.5 Å². The topological polar surface area (TPSA) is 63.6 Å². The van der Waals surface area contributed by atoms with Gasteiger partial charge < -0.3 is 9.84 Å². The summed E-state index contributed by atoms with van der Waals surface area (Å²) in [6, 6.07) is 18.0. The fourth-order valence-electron chi connectivity index (χ4n) is 3.25. The normalized spacial score (nSPS) is 26.3. The zero-order valence-corrected chi connectivity index (χ0v) is 15.8. The largest absolute Gasteiger partial charge is 0.392 e. The fraction of sp³-hybridized carbons (Fsp3) is 0.333. The Kier molecular flexibility index (Phi) is 5.32. The molecule has 2 aromatic carbocycles. The van der Waals surface area contributed by atoms with Gasteiger partial charge in [0.15, 0.2) is 0 Å². The van der Waals surface area contributed by atoms with Crippen LogP contribution in [0, 0.1) is 5.92 Å². The Hall–Kier alpha value is -1.95. The van der Waals surface area contributed by atoms with Crippen molar-refractivity contribution < 1.29 is 18.3 Å². The first-order valence-electron chi connectivity index (χ1n) is 8.71. The van der Waals surface area contributed by atoms with Crippen molar-refractivity contribution in [3.63, 3.8) is 0 Å². The van der Waals surface area contributed by atoms with Crippen molar-refractivity contribution in [2.45, 2.75) is 43.5 Å². The van der Waals surface area contributed by atoms with E-state index < -0.39 is 27.5 Å². The van der Waals surface area contributed by atoms with Crippen LogP contribution in [0.4, 0.5) is 0 Å². The zero-order valence-electron chi connectivity index (χ0n) is 15.0. The Bertz CT molecular complexity index is 875. The summed E-state index contributed by atoms with van der Waals surface area (Å²) in [5, 5.41) is 10.5. The summed E-state index contributed by atoms with van der Waals surface area (Å²) in [5.41, 5.74) is 0.154. The van der Waals surface area contributed by atoms with Crippen molar-refractivity contribution in [1.29, 1.82) is 0 Å². The number of aliphatic hydroxyl groups is 1.